The van der Waals surface area contributed by atoms with E-state index in [0.29, 0.717) is 302 Å². The van der Waals surface area contributed by atoms with Crippen LogP contribution in [-0.2, 0) is 196 Å². The van der Waals surface area contributed by atoms with E-state index in [-0.39, 0.29) is 68.3 Å². The molecule has 48 nitrogen and oxygen atoms in total. The van der Waals surface area contributed by atoms with Crippen molar-refractivity contribution in [3.05, 3.63) is 98.1 Å². The molecule has 0 spiro atoms. The molecule has 0 atom stereocenters. The third-order valence-corrected chi connectivity index (χ3v) is 16.2. The monoisotopic (exact) mass is 2210 g/mol. The Morgan fingerprint density at radius 3 is 0.355 bits per heavy atom. The van der Waals surface area contributed by atoms with Gasteiger partial charge in [0.15, 0.2) is 0 Å². The van der Waals surface area contributed by atoms with Gasteiger partial charge >= 0.3 is 134 Å². The van der Waals surface area contributed by atoms with Gasteiger partial charge in [-0.2, -0.15) is 0 Å². The molecule has 12 heterocycles. The Labute approximate surface area is 823 Å². The molecule has 138 heavy (non-hydrogen) atoms. The number of hydrogen-bond donors (Lipinski definition) is 0. The first-order valence-corrected chi connectivity index (χ1v) is 44.4. The van der Waals surface area contributed by atoms with Gasteiger partial charge in [0.2, 0.25) is 0 Å². The maximum absolute atomic E-state index is 10.7. The van der Waals surface area contributed by atoms with Crippen LogP contribution in [0.15, 0.2) is 98.1 Å². The quantitative estimate of drug-likeness (QED) is 0.0150. The Hall–Kier alpha value is -9.10. The zero-order chi connectivity index (χ0) is 96.9. The standard InChI is InChI=1S/4C18H26N8O4.4Cu.2F6P/c4*1-27-9-11-29-7-5-25-13-17(21-23-25)15-3-4-16(20-19-15)18-14-26(24-22-18)6-8-30-12-10-28-2;;;;;2*1-7(2,3,4,5)6/h4*3-4,13-14H,5-12H2,1-2H3;;;;;;/q;;;;4*+1;2*-1. The summed E-state index contributed by atoms with van der Waals surface area (Å²) in [5.74, 6) is 0. The molecule has 0 amide bonds. The maximum atomic E-state index is 9.87. The Morgan fingerprint density at radius 2 is 0.268 bits per heavy atom. The Balaban J connectivity index is 0.000000447. The smallest absolute Gasteiger partial charge is 1.00 e. The van der Waals surface area contributed by atoms with Gasteiger partial charge in [0.1, 0.15) is 91.1 Å². The molecule has 12 rings (SSSR count). The summed E-state index contributed by atoms with van der Waals surface area (Å²) < 4.78 is 215. The number of methoxy groups -OCH3 is 8. The number of ether oxygens (including phenoxy) is 16. The second-order valence-corrected chi connectivity index (χ2v) is 30.7. The van der Waals surface area contributed by atoms with Crippen LogP contribution in [0.25, 0.3) is 91.1 Å². The number of rotatable bonds is 56. The first kappa shape index (κ1) is 123. The molecule has 12 aromatic heterocycles. The predicted octanol–water partition coefficient (Wildman–Crippen LogP) is 8.03. The Bertz CT molecular complexity index is 4290. The van der Waals surface area contributed by atoms with Crippen LogP contribution in [0, 0.1) is 0 Å². The van der Waals surface area contributed by atoms with Crippen LogP contribution in [0.3, 0.4) is 0 Å². The summed E-state index contributed by atoms with van der Waals surface area (Å²) in [6.45, 7) is 18.0. The molecule has 0 saturated carbocycles. The normalized spacial score (nSPS) is 12.1. The molecule has 0 unspecified atom stereocenters. The van der Waals surface area contributed by atoms with Crippen molar-refractivity contribution in [3.8, 4) is 91.1 Å². The van der Waals surface area contributed by atoms with E-state index >= 15 is 0 Å². The van der Waals surface area contributed by atoms with Crippen molar-refractivity contribution >= 4 is 15.6 Å². The van der Waals surface area contributed by atoms with E-state index in [4.69, 9.17) is 75.8 Å². The van der Waals surface area contributed by atoms with Gasteiger partial charge in [-0.15, -0.1) is 81.6 Å². The molecule has 0 aliphatic rings. The Morgan fingerprint density at radius 1 is 0.167 bits per heavy atom. The fourth-order valence-electron chi connectivity index (χ4n) is 9.84. The second-order valence-electron chi connectivity index (χ2n) is 26.9. The van der Waals surface area contributed by atoms with Gasteiger partial charge in [-0.1, -0.05) is 41.7 Å². The van der Waals surface area contributed by atoms with Crippen molar-refractivity contribution in [1.82, 2.24) is 161 Å². The summed E-state index contributed by atoms with van der Waals surface area (Å²) in [6, 6.07) is 14.7. The molecule has 0 N–H and O–H groups in total. The van der Waals surface area contributed by atoms with Crippen LogP contribution >= 0.6 is 15.6 Å². The van der Waals surface area contributed by atoms with Gasteiger partial charge in [0, 0.05) is 56.9 Å². The number of hydrogen-bond acceptors (Lipinski definition) is 40. The van der Waals surface area contributed by atoms with Gasteiger partial charge in [0.25, 0.3) is 0 Å². The molecule has 0 fully saturated rings. The van der Waals surface area contributed by atoms with Gasteiger partial charge < -0.3 is 75.8 Å². The van der Waals surface area contributed by atoms with Crippen molar-refractivity contribution < 1.29 is 194 Å². The molecule has 0 radical (unpaired) electrons. The molecule has 66 heteroatoms. The molecule has 0 saturated heterocycles. The van der Waals surface area contributed by atoms with Crippen LogP contribution in [-0.4, -0.2) is 376 Å². The summed E-state index contributed by atoms with van der Waals surface area (Å²) >= 11 is 0. The SMILES string of the molecule is COCCOCCn1cc(-c2ccc(-c3cn(CCOCCOC)nn3)nn2)nn1.COCCOCCn1cc(-c2ccc(-c3cn(CCOCCOC)nn3)nn2)nn1.COCCOCCn1cc(-c2ccc(-c3cn(CCOCCOC)nn3)nn2)nn1.COCCOCCn1cc(-c2ccc(-c3cn(CCOCCOC)nn3)nn2)nn1.F[P-](F)(F)(F)(F)F.F[P-](F)(F)(F)(F)F.[Cu+].[Cu+].[Cu+].[Cu+]. The van der Waals surface area contributed by atoms with Gasteiger partial charge in [-0.25, -0.2) is 37.5 Å². The average Bonchev–Trinajstić information content (AvgIpc) is 0.913. The van der Waals surface area contributed by atoms with Crippen molar-refractivity contribution in [2.24, 2.45) is 0 Å². The minimum absolute atomic E-state index is 0. The van der Waals surface area contributed by atoms with Crippen molar-refractivity contribution in [1.29, 1.82) is 0 Å². The van der Waals surface area contributed by atoms with Gasteiger partial charge in [-0.3, -0.25) is 0 Å². The predicted molar refractivity (Wildman–Crippen MR) is 449 cm³/mol. The van der Waals surface area contributed by atoms with Crippen LogP contribution in [0.2, 0.25) is 0 Å². The van der Waals surface area contributed by atoms with E-state index in [1.807, 2.05) is 98.1 Å². The van der Waals surface area contributed by atoms with Crippen molar-refractivity contribution in [2.75, 3.05) is 215 Å². The van der Waals surface area contributed by atoms with Gasteiger partial charge in [0.05, 0.1) is 260 Å². The minimum Gasteiger partial charge on any atom is 1.00 e. The number of nitrogens with zero attached hydrogens (tertiary/aromatic N) is 32. The van der Waals surface area contributed by atoms with E-state index < -0.39 is 15.6 Å². The fourth-order valence-corrected chi connectivity index (χ4v) is 9.84. The largest absolute Gasteiger partial charge is 1.00 e. The molecule has 784 valence electrons. The third kappa shape index (κ3) is 55.2. The van der Waals surface area contributed by atoms with Crippen molar-refractivity contribution in [3.63, 3.8) is 0 Å². The molecule has 12 aromatic rings. The van der Waals surface area contributed by atoms with E-state index in [1.165, 1.54) is 0 Å². The molecule has 0 aliphatic carbocycles. The van der Waals surface area contributed by atoms with E-state index in [9.17, 15) is 50.4 Å². The van der Waals surface area contributed by atoms with Crippen molar-refractivity contribution in [2.45, 2.75) is 52.4 Å². The maximum Gasteiger partial charge on any atom is 1.00 e. The molecular formula is C72H104Cu4F12N32O16P2+2. The first-order chi connectivity index (χ1) is 64.1. The summed E-state index contributed by atoms with van der Waals surface area (Å²) in [5, 5.41) is 99.7. The van der Waals surface area contributed by atoms with Crippen LogP contribution in [0.5, 0.6) is 0 Å². The molecule has 0 aliphatic heterocycles. The third-order valence-electron chi connectivity index (χ3n) is 16.2. The first-order valence-electron chi connectivity index (χ1n) is 40.3. The van der Waals surface area contributed by atoms with E-state index in [2.05, 4.69) is 123 Å². The summed E-state index contributed by atoms with van der Waals surface area (Å²) in [7, 11) is -8.19. The number of aromatic nitrogens is 32. The van der Waals surface area contributed by atoms with Crippen LogP contribution in [0.1, 0.15) is 0 Å². The topological polar surface area (TPSA) is 496 Å². The summed E-state index contributed by atoms with van der Waals surface area (Å²) in [6.07, 6.45) is 14.5. The van der Waals surface area contributed by atoms with Gasteiger partial charge in [-0.05, 0) is 48.5 Å². The van der Waals surface area contributed by atoms with E-state index in [0.717, 1.165) is 0 Å². The number of halogens is 12. The van der Waals surface area contributed by atoms with E-state index in [1.54, 1.807) is 94.3 Å². The average molecular weight is 2220 g/mol. The zero-order valence-corrected chi connectivity index (χ0v) is 80.9. The summed E-state index contributed by atoms with van der Waals surface area (Å²) in [4.78, 5) is 0. The molecule has 0 aromatic carbocycles. The molecule has 0 bridgehead atoms. The second kappa shape index (κ2) is 62.9. The summed E-state index contributed by atoms with van der Waals surface area (Å²) in [5.41, 5.74) is 10.2. The van der Waals surface area contributed by atoms with Crippen LogP contribution in [0.4, 0.5) is 50.4 Å². The fraction of sp³-hybridized carbons (Fsp3) is 0.556. The minimum atomic E-state index is -10.7. The zero-order valence-electron chi connectivity index (χ0n) is 75.3. The van der Waals surface area contributed by atoms with Crippen LogP contribution < -0.4 is 0 Å². The molecular weight excluding hydrogens is 2110 g/mol. The Kier molecular flexibility index (Phi) is 56.1.